The van der Waals surface area contributed by atoms with Crippen molar-refractivity contribution in [3.8, 4) is 0 Å². The minimum absolute atomic E-state index is 0.0534. The number of anilines is 1. The summed E-state index contributed by atoms with van der Waals surface area (Å²) in [4.78, 5) is 15.5. The van der Waals surface area contributed by atoms with Gasteiger partial charge in [0, 0.05) is 22.7 Å². The van der Waals surface area contributed by atoms with Crippen molar-refractivity contribution >= 4 is 33.0 Å². The fourth-order valence-electron chi connectivity index (χ4n) is 2.68. The quantitative estimate of drug-likeness (QED) is 0.535. The van der Waals surface area contributed by atoms with E-state index in [0.717, 1.165) is 17.0 Å². The molecule has 0 aliphatic rings. The Labute approximate surface area is 173 Å². The molecule has 5 nitrogen and oxygen atoms in total. The van der Waals surface area contributed by atoms with E-state index in [1.165, 1.54) is 41.7 Å². The maximum atomic E-state index is 13.0. The summed E-state index contributed by atoms with van der Waals surface area (Å²) in [6.07, 6.45) is 1.63. The van der Waals surface area contributed by atoms with Crippen LogP contribution in [0.2, 0.25) is 0 Å². The SMILES string of the molecule is C=CCN(Cc1cccs1)C(=O)c1cccc(S(=O)(=O)Nc2ccc(F)cc2)c1. The first-order chi connectivity index (χ1) is 13.9. The minimum Gasteiger partial charge on any atom is -0.330 e. The van der Waals surface area contributed by atoms with Crippen molar-refractivity contribution in [3.63, 3.8) is 0 Å². The highest BCUT2D eigenvalue weighted by Gasteiger charge is 2.20. The maximum Gasteiger partial charge on any atom is 0.261 e. The van der Waals surface area contributed by atoms with Crippen LogP contribution in [0.15, 0.2) is 83.6 Å². The molecule has 3 rings (SSSR count). The smallest absolute Gasteiger partial charge is 0.261 e. The Morgan fingerprint density at radius 2 is 1.90 bits per heavy atom. The van der Waals surface area contributed by atoms with Crippen LogP contribution in [-0.4, -0.2) is 25.8 Å². The number of hydrogen-bond acceptors (Lipinski definition) is 4. The first kappa shape index (κ1) is 20.8. The Bertz CT molecular complexity index is 1100. The van der Waals surface area contributed by atoms with Crippen LogP contribution in [-0.2, 0) is 16.6 Å². The number of nitrogens with zero attached hydrogens (tertiary/aromatic N) is 1. The molecular formula is C21H19FN2O3S2. The second-order valence-electron chi connectivity index (χ2n) is 6.19. The molecule has 1 heterocycles. The van der Waals surface area contributed by atoms with E-state index in [9.17, 15) is 17.6 Å². The van der Waals surface area contributed by atoms with Crippen molar-refractivity contribution in [1.29, 1.82) is 0 Å². The number of carbonyl (C=O) groups excluding carboxylic acids is 1. The summed E-state index contributed by atoms with van der Waals surface area (Å²) >= 11 is 1.54. The number of halogens is 1. The number of carbonyl (C=O) groups is 1. The number of nitrogens with one attached hydrogen (secondary N) is 1. The number of hydrogen-bond donors (Lipinski definition) is 1. The van der Waals surface area contributed by atoms with Gasteiger partial charge in [0.1, 0.15) is 5.82 Å². The highest BCUT2D eigenvalue weighted by Crippen LogP contribution is 2.20. The van der Waals surface area contributed by atoms with Crippen molar-refractivity contribution in [3.05, 3.63) is 95.0 Å². The van der Waals surface area contributed by atoms with E-state index in [1.807, 2.05) is 17.5 Å². The Hall–Kier alpha value is -2.97. The lowest BCUT2D eigenvalue weighted by atomic mass is 10.2. The van der Waals surface area contributed by atoms with Gasteiger partial charge in [0.2, 0.25) is 0 Å². The van der Waals surface area contributed by atoms with Crippen LogP contribution in [0.5, 0.6) is 0 Å². The van der Waals surface area contributed by atoms with Crippen molar-refractivity contribution in [2.24, 2.45) is 0 Å². The topological polar surface area (TPSA) is 66.5 Å². The first-order valence-corrected chi connectivity index (χ1v) is 11.1. The molecule has 0 saturated heterocycles. The molecule has 1 amide bonds. The van der Waals surface area contributed by atoms with E-state index in [1.54, 1.807) is 17.0 Å². The van der Waals surface area contributed by atoms with Gasteiger partial charge >= 0.3 is 0 Å². The van der Waals surface area contributed by atoms with Gasteiger partial charge < -0.3 is 4.90 Å². The highest BCUT2D eigenvalue weighted by atomic mass is 32.2. The fourth-order valence-corrected chi connectivity index (χ4v) is 4.50. The third kappa shape index (κ3) is 5.30. The van der Waals surface area contributed by atoms with Gasteiger partial charge in [-0.25, -0.2) is 12.8 Å². The van der Waals surface area contributed by atoms with Crippen molar-refractivity contribution in [1.82, 2.24) is 4.90 Å². The normalized spacial score (nSPS) is 11.1. The van der Waals surface area contributed by atoms with Crippen LogP contribution in [0.4, 0.5) is 10.1 Å². The summed E-state index contributed by atoms with van der Waals surface area (Å²) in [5.41, 5.74) is 0.486. The van der Waals surface area contributed by atoms with Crippen molar-refractivity contribution in [2.45, 2.75) is 11.4 Å². The molecule has 150 valence electrons. The van der Waals surface area contributed by atoms with Crippen LogP contribution in [0, 0.1) is 5.82 Å². The second-order valence-corrected chi connectivity index (χ2v) is 8.91. The predicted molar refractivity (Wildman–Crippen MR) is 113 cm³/mol. The zero-order chi connectivity index (χ0) is 20.9. The number of benzene rings is 2. The molecule has 0 spiro atoms. The molecular weight excluding hydrogens is 411 g/mol. The summed E-state index contributed by atoms with van der Waals surface area (Å²) in [7, 11) is -3.93. The third-order valence-corrected chi connectivity index (χ3v) is 6.29. The van der Waals surface area contributed by atoms with Crippen LogP contribution in [0.3, 0.4) is 0 Å². The Kier molecular flexibility index (Phi) is 6.46. The highest BCUT2D eigenvalue weighted by molar-refractivity contribution is 7.92. The Morgan fingerprint density at radius 3 is 2.55 bits per heavy atom. The molecule has 1 N–H and O–H groups in total. The molecule has 0 saturated carbocycles. The fraction of sp³-hybridized carbons (Fsp3) is 0.0952. The van der Waals surface area contributed by atoms with Gasteiger partial charge in [-0.15, -0.1) is 17.9 Å². The zero-order valence-corrected chi connectivity index (χ0v) is 17.0. The molecule has 0 fully saturated rings. The van der Waals surface area contributed by atoms with Gasteiger partial charge in [0.05, 0.1) is 11.4 Å². The van der Waals surface area contributed by atoms with E-state index in [-0.39, 0.29) is 22.1 Å². The third-order valence-electron chi connectivity index (χ3n) is 4.05. The average molecular weight is 431 g/mol. The molecule has 2 aromatic carbocycles. The number of thiophene rings is 1. The van der Waals surface area contributed by atoms with E-state index >= 15 is 0 Å². The lowest BCUT2D eigenvalue weighted by Crippen LogP contribution is -2.30. The van der Waals surface area contributed by atoms with Crippen molar-refractivity contribution in [2.75, 3.05) is 11.3 Å². The molecule has 8 heteroatoms. The second kappa shape index (κ2) is 9.02. The van der Waals surface area contributed by atoms with Gasteiger partial charge in [-0.05, 0) is 53.9 Å². The average Bonchev–Trinajstić information content (AvgIpc) is 3.22. The predicted octanol–water partition coefficient (Wildman–Crippen LogP) is 4.52. The summed E-state index contributed by atoms with van der Waals surface area (Å²) < 4.78 is 40.8. The number of rotatable bonds is 8. The van der Waals surface area contributed by atoms with Crippen LogP contribution < -0.4 is 4.72 Å². The van der Waals surface area contributed by atoms with Crippen molar-refractivity contribution < 1.29 is 17.6 Å². The van der Waals surface area contributed by atoms with E-state index in [0.29, 0.717) is 13.1 Å². The molecule has 0 radical (unpaired) electrons. The Balaban J connectivity index is 1.84. The van der Waals surface area contributed by atoms with E-state index in [2.05, 4.69) is 11.3 Å². The molecule has 1 aromatic heterocycles. The number of sulfonamides is 1. The largest absolute Gasteiger partial charge is 0.330 e. The number of amides is 1. The maximum absolute atomic E-state index is 13.0. The standard InChI is InChI=1S/C21H19FN2O3S2/c1-2-12-24(15-19-6-4-13-28-19)21(25)16-5-3-7-20(14-16)29(26,27)23-18-10-8-17(22)9-11-18/h2-11,13-14,23H,1,12,15H2. The molecule has 0 aliphatic heterocycles. The van der Waals surface area contributed by atoms with Gasteiger partial charge in [0.15, 0.2) is 0 Å². The van der Waals surface area contributed by atoms with Gasteiger partial charge in [0.25, 0.3) is 15.9 Å². The molecule has 29 heavy (non-hydrogen) atoms. The molecule has 0 bridgehead atoms. The minimum atomic E-state index is -3.93. The summed E-state index contributed by atoms with van der Waals surface area (Å²) in [5.74, 6) is -0.759. The molecule has 0 unspecified atom stereocenters. The zero-order valence-electron chi connectivity index (χ0n) is 15.4. The summed E-state index contributed by atoms with van der Waals surface area (Å²) in [6.45, 7) is 4.44. The molecule has 3 aromatic rings. The molecule has 0 atom stereocenters. The van der Waals surface area contributed by atoms with Crippen LogP contribution in [0.25, 0.3) is 0 Å². The van der Waals surface area contributed by atoms with Crippen LogP contribution in [0.1, 0.15) is 15.2 Å². The van der Waals surface area contributed by atoms with Crippen LogP contribution >= 0.6 is 11.3 Å². The summed E-state index contributed by atoms with van der Waals surface area (Å²) in [6, 6.07) is 14.6. The Morgan fingerprint density at radius 1 is 1.14 bits per heavy atom. The molecule has 0 aliphatic carbocycles. The van der Waals surface area contributed by atoms with Gasteiger partial charge in [-0.3, -0.25) is 9.52 Å². The van der Waals surface area contributed by atoms with Gasteiger partial charge in [-0.2, -0.15) is 0 Å². The van der Waals surface area contributed by atoms with E-state index < -0.39 is 15.8 Å². The summed E-state index contributed by atoms with van der Waals surface area (Å²) in [5, 5.41) is 1.93. The van der Waals surface area contributed by atoms with E-state index in [4.69, 9.17) is 0 Å². The monoisotopic (exact) mass is 430 g/mol. The lowest BCUT2D eigenvalue weighted by molar-refractivity contribution is 0.0764. The lowest BCUT2D eigenvalue weighted by Gasteiger charge is -2.21. The first-order valence-electron chi connectivity index (χ1n) is 8.70. The van der Waals surface area contributed by atoms with Gasteiger partial charge in [-0.1, -0.05) is 18.2 Å².